The van der Waals surface area contributed by atoms with Crippen LogP contribution in [0.25, 0.3) is 0 Å². The number of carbonyl (C=O) groups excluding carboxylic acids is 1. The van der Waals surface area contributed by atoms with Gasteiger partial charge in [0.05, 0.1) is 18.0 Å². The Morgan fingerprint density at radius 2 is 1.63 bits per heavy atom. The molecule has 14 nitrogen and oxygen atoms in total. The monoisotopic (exact) mass is 704 g/mol. The Morgan fingerprint density at radius 3 is 2.22 bits per heavy atom. The van der Waals surface area contributed by atoms with Crippen LogP contribution < -0.4 is 14.3 Å². The first-order valence-electron chi connectivity index (χ1n) is 15.5. The van der Waals surface area contributed by atoms with E-state index in [4.69, 9.17) is 19.4 Å². The molecule has 0 spiro atoms. The molecule has 0 radical (unpaired) electrons. The van der Waals surface area contributed by atoms with Gasteiger partial charge >= 0.3 is 18.4 Å². The zero-order chi connectivity index (χ0) is 34.6. The van der Waals surface area contributed by atoms with Crippen molar-refractivity contribution in [2.75, 3.05) is 38.5 Å². The maximum Gasteiger partial charge on any atom is 0.417 e. The van der Waals surface area contributed by atoms with Gasteiger partial charge in [-0.15, -0.1) is 9.94 Å². The number of pyridine rings is 1. The molecule has 2 aliphatic rings. The summed E-state index contributed by atoms with van der Waals surface area (Å²) in [5.41, 5.74) is -0.855. The van der Waals surface area contributed by atoms with Gasteiger partial charge in [0.1, 0.15) is 24.4 Å². The number of nitrogens with zero attached hydrogens (tertiary/aromatic N) is 7. The maximum atomic E-state index is 12.6. The maximum absolute atomic E-state index is 12.6. The molecule has 2 amide bonds. The molecule has 262 valence electrons. The molecule has 2 aliphatic heterocycles. The van der Waals surface area contributed by atoms with Gasteiger partial charge in [-0.05, 0) is 73.9 Å². The van der Waals surface area contributed by atoms with Crippen molar-refractivity contribution in [2.24, 2.45) is 11.8 Å². The predicted molar refractivity (Wildman–Crippen MR) is 169 cm³/mol. The predicted octanol–water partition coefficient (Wildman–Crippen LogP) is 5.72. The summed E-state index contributed by atoms with van der Waals surface area (Å²) in [4.78, 5) is 40.9. The van der Waals surface area contributed by atoms with E-state index in [0.29, 0.717) is 62.3 Å². The van der Waals surface area contributed by atoms with Crippen LogP contribution in [-0.2, 0) is 6.18 Å². The summed E-state index contributed by atoms with van der Waals surface area (Å²) in [5.74, 6) is 2.58. The number of benzene rings is 1. The zero-order valence-electron chi connectivity index (χ0n) is 26.2. The number of thioether (sulfide) groups is 1. The third kappa shape index (κ3) is 11.0. The van der Waals surface area contributed by atoms with Crippen LogP contribution >= 0.6 is 11.8 Å². The highest BCUT2D eigenvalue weighted by molar-refractivity contribution is 7.99. The number of H-pyrrole nitrogens is 1. The number of amides is 2. The van der Waals surface area contributed by atoms with Crippen LogP contribution in [0.15, 0.2) is 72.5 Å². The second kappa shape index (κ2) is 16.9. The molecule has 6 rings (SSSR count). The lowest BCUT2D eigenvalue weighted by Crippen LogP contribution is -2.41. The lowest BCUT2D eigenvalue weighted by atomic mass is 9.98. The van der Waals surface area contributed by atoms with Gasteiger partial charge in [-0.25, -0.2) is 19.6 Å². The SMILES string of the molecule is O=C(O)N1CCC(CSc2ncn[nH]2)CC1.O=C(Oc1ccc(Oc2ccc(C(F)(F)F)cn2)cc1)N1CCC(COn2cccn2)CC1. The van der Waals surface area contributed by atoms with Gasteiger partial charge in [0.2, 0.25) is 5.88 Å². The molecule has 5 heterocycles. The molecule has 1 aromatic carbocycles. The summed E-state index contributed by atoms with van der Waals surface area (Å²) in [7, 11) is 0. The van der Waals surface area contributed by atoms with Gasteiger partial charge in [0.15, 0.2) is 5.16 Å². The number of likely N-dealkylation sites (tertiary alicyclic amines) is 2. The number of ether oxygens (including phenoxy) is 2. The minimum Gasteiger partial charge on any atom is -0.465 e. The Kier molecular flexibility index (Phi) is 12.2. The number of carbonyl (C=O) groups is 2. The minimum absolute atomic E-state index is 0.0205. The molecular formula is C31H35F3N8O6S. The van der Waals surface area contributed by atoms with Crippen LogP contribution in [0.1, 0.15) is 31.2 Å². The fraction of sp³-hybridized carbons (Fsp3) is 0.419. The zero-order valence-corrected chi connectivity index (χ0v) is 27.1. The van der Waals surface area contributed by atoms with Crippen LogP contribution in [0.4, 0.5) is 22.8 Å². The van der Waals surface area contributed by atoms with Gasteiger partial charge in [0, 0.05) is 44.2 Å². The van der Waals surface area contributed by atoms with Crippen molar-refractivity contribution in [2.45, 2.75) is 37.0 Å². The van der Waals surface area contributed by atoms with E-state index >= 15 is 0 Å². The number of alkyl halides is 3. The standard InChI is InChI=1S/C22H21F3N4O4.C9H14N4O2S/c23-22(24,25)17-2-7-20(26-14-17)32-18-3-5-19(6-4-18)33-21(30)28-12-8-16(9-13-28)15-31-29-11-1-10-27-29;14-9(15)13-3-1-7(2-4-13)5-16-8-10-6-11-12-8/h1-7,10-11,14,16H,8-9,12-13,15H2;6-7H,1-5H2,(H,14,15)(H,10,11,12). The normalized spacial score (nSPS) is 15.7. The Bertz CT molecular complexity index is 1580. The summed E-state index contributed by atoms with van der Waals surface area (Å²) < 4.78 is 48.7. The van der Waals surface area contributed by atoms with E-state index in [2.05, 4.69) is 25.3 Å². The Hall–Kier alpha value is -5.00. The quantitative estimate of drug-likeness (QED) is 0.205. The number of hydrogen-bond donors (Lipinski definition) is 2. The third-order valence-electron chi connectivity index (χ3n) is 7.84. The smallest absolute Gasteiger partial charge is 0.417 e. The molecule has 0 aliphatic carbocycles. The Balaban J connectivity index is 0.000000244. The Labute approximate surface area is 283 Å². The second-order valence-electron chi connectivity index (χ2n) is 11.3. The summed E-state index contributed by atoms with van der Waals surface area (Å²) >= 11 is 1.65. The molecule has 2 saturated heterocycles. The highest BCUT2D eigenvalue weighted by Crippen LogP contribution is 2.30. The van der Waals surface area contributed by atoms with Crippen LogP contribution in [0.2, 0.25) is 0 Å². The number of halogens is 3. The van der Waals surface area contributed by atoms with E-state index in [1.807, 2.05) is 0 Å². The number of piperidine rings is 2. The molecular weight excluding hydrogens is 669 g/mol. The van der Waals surface area contributed by atoms with Gasteiger partial charge in [-0.1, -0.05) is 11.8 Å². The average molecular weight is 705 g/mol. The van der Waals surface area contributed by atoms with Crippen molar-refractivity contribution in [3.05, 3.63) is 72.9 Å². The summed E-state index contributed by atoms with van der Waals surface area (Å²) in [6, 6.07) is 9.99. The fourth-order valence-corrected chi connectivity index (χ4v) is 5.98. The summed E-state index contributed by atoms with van der Waals surface area (Å²) in [6.45, 7) is 2.95. The van der Waals surface area contributed by atoms with E-state index < -0.39 is 23.9 Å². The minimum atomic E-state index is -4.46. The molecule has 4 aromatic rings. The van der Waals surface area contributed by atoms with E-state index in [9.17, 15) is 22.8 Å². The number of aromatic nitrogens is 6. The number of carboxylic acid groups (broad SMARTS) is 1. The van der Waals surface area contributed by atoms with E-state index in [1.165, 1.54) is 16.1 Å². The fourth-order valence-electron chi connectivity index (χ4n) is 5.02. The van der Waals surface area contributed by atoms with Gasteiger partial charge in [-0.2, -0.15) is 18.3 Å². The Morgan fingerprint density at radius 1 is 0.939 bits per heavy atom. The van der Waals surface area contributed by atoms with E-state index in [-0.39, 0.29) is 5.88 Å². The van der Waals surface area contributed by atoms with Crippen LogP contribution in [-0.4, -0.2) is 95.7 Å². The molecule has 2 fully saturated rings. The topological polar surface area (TPSA) is 161 Å². The molecule has 0 saturated carbocycles. The molecule has 18 heteroatoms. The van der Waals surface area contributed by atoms with Crippen LogP contribution in [0, 0.1) is 11.8 Å². The van der Waals surface area contributed by atoms with Gasteiger partial charge < -0.3 is 29.2 Å². The molecule has 3 aromatic heterocycles. The number of aromatic amines is 1. The molecule has 2 N–H and O–H groups in total. The van der Waals surface area contributed by atoms with E-state index in [1.54, 1.807) is 59.4 Å². The largest absolute Gasteiger partial charge is 0.465 e. The molecule has 0 unspecified atom stereocenters. The van der Waals surface area contributed by atoms with Crippen LogP contribution in [0.5, 0.6) is 17.4 Å². The van der Waals surface area contributed by atoms with Crippen molar-refractivity contribution in [1.82, 2.24) is 39.9 Å². The van der Waals surface area contributed by atoms with E-state index in [0.717, 1.165) is 48.7 Å². The number of nitrogens with one attached hydrogen (secondary N) is 1. The summed E-state index contributed by atoms with van der Waals surface area (Å²) in [5, 5.41) is 20.2. The van der Waals surface area contributed by atoms with Gasteiger partial charge in [-0.3, -0.25) is 5.10 Å². The average Bonchev–Trinajstić information content (AvgIpc) is 3.83. The van der Waals surface area contributed by atoms with Crippen LogP contribution in [0.3, 0.4) is 0 Å². The first kappa shape index (κ1) is 35.3. The lowest BCUT2D eigenvalue weighted by Gasteiger charge is -2.30. The molecule has 0 bridgehead atoms. The van der Waals surface area contributed by atoms with Gasteiger partial charge in [0.25, 0.3) is 0 Å². The second-order valence-corrected chi connectivity index (χ2v) is 12.3. The molecule has 49 heavy (non-hydrogen) atoms. The number of rotatable bonds is 9. The highest BCUT2D eigenvalue weighted by Gasteiger charge is 2.31. The first-order valence-corrected chi connectivity index (χ1v) is 16.5. The lowest BCUT2D eigenvalue weighted by molar-refractivity contribution is -0.137. The van der Waals surface area contributed by atoms with Crippen molar-refractivity contribution < 1.29 is 42.2 Å². The van der Waals surface area contributed by atoms with Crippen molar-refractivity contribution in [3.63, 3.8) is 0 Å². The van der Waals surface area contributed by atoms with Crippen molar-refractivity contribution >= 4 is 23.9 Å². The highest BCUT2D eigenvalue weighted by atomic mass is 32.2. The van der Waals surface area contributed by atoms with Crippen molar-refractivity contribution in [1.29, 1.82) is 0 Å². The molecule has 0 atom stereocenters. The van der Waals surface area contributed by atoms with Crippen molar-refractivity contribution in [3.8, 4) is 17.4 Å². The summed E-state index contributed by atoms with van der Waals surface area (Å²) in [6.07, 6.45) is 3.33. The number of hydrogen-bond acceptors (Lipinski definition) is 10. The first-order chi connectivity index (χ1) is 23.6. The third-order valence-corrected chi connectivity index (χ3v) is 8.95.